The fourth-order valence-electron chi connectivity index (χ4n) is 0.902. The van der Waals surface area contributed by atoms with E-state index < -0.39 is 10.0 Å². The Kier molecular flexibility index (Phi) is 3.01. The van der Waals surface area contributed by atoms with Crippen molar-refractivity contribution in [1.82, 2.24) is 0 Å². The Morgan fingerprint density at radius 3 is 2.46 bits per heavy atom. The van der Waals surface area contributed by atoms with Crippen molar-refractivity contribution in [2.75, 3.05) is 0 Å². The first-order valence-corrected chi connectivity index (χ1v) is 6.02. The van der Waals surface area contributed by atoms with E-state index in [4.69, 9.17) is 16.7 Å². The number of hydrogen-bond acceptors (Lipinski definition) is 2. The molecule has 0 saturated carbocycles. The van der Waals surface area contributed by atoms with Crippen LogP contribution >= 0.6 is 27.5 Å². The van der Waals surface area contributed by atoms with E-state index in [1.54, 1.807) is 13.0 Å². The molecule has 0 unspecified atom stereocenters. The molecule has 0 spiro atoms. The van der Waals surface area contributed by atoms with Crippen LogP contribution in [0.4, 0.5) is 0 Å². The zero-order valence-corrected chi connectivity index (χ0v) is 9.87. The summed E-state index contributed by atoms with van der Waals surface area (Å²) in [6, 6.07) is 3.10. The molecule has 0 fully saturated rings. The van der Waals surface area contributed by atoms with Crippen molar-refractivity contribution in [1.29, 1.82) is 0 Å². The second kappa shape index (κ2) is 3.57. The average molecular weight is 285 g/mol. The predicted molar refractivity (Wildman–Crippen MR) is 55.3 cm³/mol. The Morgan fingerprint density at radius 1 is 1.46 bits per heavy atom. The Hall–Kier alpha value is -0.100. The maximum atomic E-state index is 11.0. The first kappa shape index (κ1) is 11.0. The van der Waals surface area contributed by atoms with E-state index in [1.165, 1.54) is 6.07 Å². The summed E-state index contributed by atoms with van der Waals surface area (Å²) in [5.41, 5.74) is 0.667. The fourth-order valence-corrected chi connectivity index (χ4v) is 2.76. The third kappa shape index (κ3) is 2.43. The molecule has 0 heterocycles. The molecule has 1 aromatic rings. The molecule has 13 heavy (non-hydrogen) atoms. The first-order chi connectivity index (χ1) is 5.82. The van der Waals surface area contributed by atoms with Gasteiger partial charge in [0.05, 0.1) is 5.02 Å². The standard InChI is InChI=1S/C7H7BrClNO2S/c1-4-2-5(8)3-6(7(4)9)13(10,11)12/h2-3H,1H3,(H2,10,11,12). The topological polar surface area (TPSA) is 60.2 Å². The van der Waals surface area contributed by atoms with Gasteiger partial charge >= 0.3 is 0 Å². The quantitative estimate of drug-likeness (QED) is 0.858. The van der Waals surface area contributed by atoms with Gasteiger partial charge in [-0.2, -0.15) is 0 Å². The molecular weight excluding hydrogens is 278 g/mol. The molecule has 1 rings (SSSR count). The minimum absolute atomic E-state index is 0.0546. The van der Waals surface area contributed by atoms with Crippen LogP contribution in [0.5, 0.6) is 0 Å². The van der Waals surface area contributed by atoms with Crippen LogP contribution in [0.25, 0.3) is 0 Å². The van der Waals surface area contributed by atoms with Crippen LogP contribution in [-0.4, -0.2) is 8.42 Å². The number of sulfonamides is 1. The van der Waals surface area contributed by atoms with Crippen molar-refractivity contribution in [2.24, 2.45) is 5.14 Å². The summed E-state index contributed by atoms with van der Waals surface area (Å²) >= 11 is 8.93. The lowest BCUT2D eigenvalue weighted by Crippen LogP contribution is -2.13. The van der Waals surface area contributed by atoms with Crippen LogP contribution in [-0.2, 0) is 10.0 Å². The number of hydrogen-bond donors (Lipinski definition) is 1. The van der Waals surface area contributed by atoms with Gasteiger partial charge in [-0.25, -0.2) is 13.6 Å². The lowest BCUT2D eigenvalue weighted by atomic mass is 10.2. The molecule has 0 saturated heterocycles. The fraction of sp³-hybridized carbons (Fsp3) is 0.143. The van der Waals surface area contributed by atoms with Crippen molar-refractivity contribution in [3.63, 3.8) is 0 Å². The SMILES string of the molecule is Cc1cc(Br)cc(S(N)(=O)=O)c1Cl. The summed E-state index contributed by atoms with van der Waals surface area (Å²) in [6.07, 6.45) is 0. The van der Waals surface area contributed by atoms with Gasteiger partial charge in [0.2, 0.25) is 10.0 Å². The van der Waals surface area contributed by atoms with Gasteiger partial charge in [-0.3, -0.25) is 0 Å². The van der Waals surface area contributed by atoms with Crippen LogP contribution < -0.4 is 5.14 Å². The molecule has 0 bridgehead atoms. The summed E-state index contributed by atoms with van der Waals surface area (Å²) in [7, 11) is -3.74. The highest BCUT2D eigenvalue weighted by atomic mass is 79.9. The molecule has 72 valence electrons. The highest BCUT2D eigenvalue weighted by Gasteiger charge is 2.15. The van der Waals surface area contributed by atoms with Gasteiger partial charge in [-0.1, -0.05) is 27.5 Å². The molecule has 0 aliphatic rings. The average Bonchev–Trinajstić information content (AvgIpc) is 1.94. The van der Waals surface area contributed by atoms with Gasteiger partial charge in [0, 0.05) is 4.47 Å². The van der Waals surface area contributed by atoms with E-state index in [0.717, 1.165) is 0 Å². The van der Waals surface area contributed by atoms with E-state index in [0.29, 0.717) is 10.0 Å². The van der Waals surface area contributed by atoms with Crippen LogP contribution in [0, 0.1) is 6.92 Å². The largest absolute Gasteiger partial charge is 0.239 e. The summed E-state index contributed by atoms with van der Waals surface area (Å²) in [5, 5.41) is 5.13. The highest BCUT2D eigenvalue weighted by molar-refractivity contribution is 9.10. The van der Waals surface area contributed by atoms with Gasteiger partial charge < -0.3 is 0 Å². The maximum absolute atomic E-state index is 11.0. The second-order valence-corrected chi connectivity index (χ2v) is 5.40. The second-order valence-electron chi connectivity index (χ2n) is 2.58. The molecule has 6 heteroatoms. The number of nitrogens with two attached hydrogens (primary N) is 1. The van der Waals surface area contributed by atoms with Crippen molar-refractivity contribution in [3.05, 3.63) is 27.2 Å². The van der Waals surface area contributed by atoms with Crippen molar-refractivity contribution in [3.8, 4) is 0 Å². The van der Waals surface area contributed by atoms with E-state index in [1.807, 2.05) is 0 Å². The van der Waals surface area contributed by atoms with Crippen LogP contribution in [0.15, 0.2) is 21.5 Å². The molecule has 0 aliphatic heterocycles. The van der Waals surface area contributed by atoms with E-state index in [9.17, 15) is 8.42 Å². The van der Waals surface area contributed by atoms with E-state index >= 15 is 0 Å². The lowest BCUT2D eigenvalue weighted by Gasteiger charge is -2.05. The zero-order valence-electron chi connectivity index (χ0n) is 6.71. The van der Waals surface area contributed by atoms with Crippen LogP contribution in [0.2, 0.25) is 5.02 Å². The maximum Gasteiger partial charge on any atom is 0.239 e. The number of aryl methyl sites for hydroxylation is 1. The van der Waals surface area contributed by atoms with Crippen LogP contribution in [0.3, 0.4) is 0 Å². The molecule has 1 aromatic carbocycles. The Balaban J connectivity index is 3.56. The normalized spacial score (nSPS) is 11.7. The Morgan fingerprint density at radius 2 is 2.00 bits per heavy atom. The predicted octanol–water partition coefficient (Wildman–Crippen LogP) is 2.06. The van der Waals surface area contributed by atoms with Gasteiger partial charge in [0.25, 0.3) is 0 Å². The monoisotopic (exact) mass is 283 g/mol. The first-order valence-electron chi connectivity index (χ1n) is 3.31. The number of rotatable bonds is 1. The molecular formula is C7H7BrClNO2S. The molecule has 0 amide bonds. The molecule has 0 aromatic heterocycles. The van der Waals surface area contributed by atoms with E-state index in [2.05, 4.69) is 15.9 Å². The minimum atomic E-state index is -3.74. The van der Waals surface area contributed by atoms with Crippen LogP contribution in [0.1, 0.15) is 5.56 Å². The summed E-state index contributed by atoms with van der Waals surface area (Å²) in [4.78, 5) is -0.0546. The third-order valence-electron chi connectivity index (χ3n) is 1.49. The third-order valence-corrected chi connectivity index (χ3v) is 3.50. The molecule has 3 nitrogen and oxygen atoms in total. The van der Waals surface area contributed by atoms with Gasteiger partial charge in [-0.15, -0.1) is 0 Å². The summed E-state index contributed by atoms with van der Waals surface area (Å²) in [5.74, 6) is 0. The molecule has 0 aliphatic carbocycles. The lowest BCUT2D eigenvalue weighted by molar-refractivity contribution is 0.597. The number of benzene rings is 1. The smallest absolute Gasteiger partial charge is 0.225 e. The zero-order chi connectivity index (χ0) is 10.2. The number of halogens is 2. The number of primary sulfonamides is 1. The van der Waals surface area contributed by atoms with Crippen molar-refractivity contribution < 1.29 is 8.42 Å². The van der Waals surface area contributed by atoms with Gasteiger partial charge in [-0.05, 0) is 24.6 Å². The van der Waals surface area contributed by atoms with E-state index in [-0.39, 0.29) is 9.92 Å². The van der Waals surface area contributed by atoms with Gasteiger partial charge in [0.1, 0.15) is 4.90 Å². The van der Waals surface area contributed by atoms with Crippen molar-refractivity contribution >= 4 is 37.6 Å². The minimum Gasteiger partial charge on any atom is -0.225 e. The molecule has 0 radical (unpaired) electrons. The summed E-state index contributed by atoms with van der Waals surface area (Å²) in [6.45, 7) is 1.71. The molecule has 2 N–H and O–H groups in total. The summed E-state index contributed by atoms with van der Waals surface area (Å²) < 4.78 is 22.7. The van der Waals surface area contributed by atoms with Gasteiger partial charge in [0.15, 0.2) is 0 Å². The Labute approximate surface area is 90.1 Å². The molecule has 0 atom stereocenters. The Bertz CT molecular complexity index is 444. The van der Waals surface area contributed by atoms with Crippen molar-refractivity contribution in [2.45, 2.75) is 11.8 Å². The highest BCUT2D eigenvalue weighted by Crippen LogP contribution is 2.27.